The Balaban J connectivity index is 1.11. The molecule has 0 fully saturated rings. The first kappa shape index (κ1) is 54.1. The maximum absolute atomic E-state index is 12.9. The lowest BCUT2D eigenvalue weighted by Gasteiger charge is -2.46. The van der Waals surface area contributed by atoms with Gasteiger partial charge in [-0.1, -0.05) is 6.07 Å². The van der Waals surface area contributed by atoms with Gasteiger partial charge in [0, 0.05) is 66.2 Å². The monoisotopic (exact) mass is 986 g/mol. The van der Waals surface area contributed by atoms with E-state index in [9.17, 15) is 30.0 Å². The number of fused-ring (bicyclic) bond motifs is 2. The average molecular weight is 987 g/mol. The van der Waals surface area contributed by atoms with Gasteiger partial charge in [0.25, 0.3) is 0 Å². The van der Waals surface area contributed by atoms with E-state index in [0.29, 0.717) is 123 Å². The van der Waals surface area contributed by atoms with Gasteiger partial charge in [0.2, 0.25) is 5.75 Å². The number of quaternary nitrogens is 2. The number of hydrogen-bond acceptors (Lipinski definition) is 15. The van der Waals surface area contributed by atoms with E-state index in [2.05, 4.69) is 25.9 Å². The lowest BCUT2D eigenvalue weighted by molar-refractivity contribution is -0.941. The first-order valence-electron chi connectivity index (χ1n) is 23.7. The van der Waals surface area contributed by atoms with Crippen LogP contribution in [-0.4, -0.2) is 145 Å². The molecule has 0 saturated heterocycles. The minimum absolute atomic E-state index is 0.0395. The lowest BCUT2D eigenvalue weighted by Crippen LogP contribution is -2.53. The van der Waals surface area contributed by atoms with Crippen molar-refractivity contribution in [3.63, 3.8) is 0 Å². The summed E-state index contributed by atoms with van der Waals surface area (Å²) < 4.78 is 52.3. The number of rotatable bonds is 22. The minimum Gasteiger partial charge on any atom is -0.496 e. The van der Waals surface area contributed by atoms with E-state index in [0.717, 1.165) is 39.9 Å². The number of nitrogens with zero attached hydrogens (tertiary/aromatic N) is 2. The van der Waals surface area contributed by atoms with Crippen LogP contribution in [0.15, 0.2) is 42.5 Å². The molecule has 71 heavy (non-hydrogen) atoms. The maximum Gasteiger partial charge on any atom is 0.384 e. The van der Waals surface area contributed by atoms with Gasteiger partial charge in [-0.05, 0) is 58.7 Å². The summed E-state index contributed by atoms with van der Waals surface area (Å²) in [6, 6.07) is 13.0. The minimum atomic E-state index is -0.855. The zero-order chi connectivity index (χ0) is 51.5. The summed E-state index contributed by atoms with van der Waals surface area (Å²) >= 11 is 0. The van der Waals surface area contributed by atoms with Crippen molar-refractivity contribution >= 4 is 11.9 Å². The zero-order valence-corrected chi connectivity index (χ0v) is 42.5. The number of methoxy groups -OCH3 is 7. The third-order valence-corrected chi connectivity index (χ3v) is 14.2. The van der Waals surface area contributed by atoms with Crippen LogP contribution in [0.2, 0.25) is 0 Å². The number of carbonyl (C=O) groups excluding carboxylic acids is 2. The zero-order valence-electron chi connectivity index (χ0n) is 42.5. The molecule has 384 valence electrons. The van der Waals surface area contributed by atoms with Crippen LogP contribution >= 0.6 is 0 Å². The Labute approximate surface area is 416 Å². The number of hydrogen-bond donors (Lipinski definition) is 4. The molecule has 6 rings (SSSR count). The second kappa shape index (κ2) is 24.2. The van der Waals surface area contributed by atoms with E-state index in [1.807, 2.05) is 42.5 Å². The molecule has 0 radical (unpaired) electrons. The van der Waals surface area contributed by atoms with Crippen LogP contribution in [0.25, 0.3) is 0 Å². The van der Waals surface area contributed by atoms with Crippen LogP contribution in [-0.2, 0) is 64.8 Å². The van der Waals surface area contributed by atoms with Crippen molar-refractivity contribution < 1.29 is 81.6 Å². The van der Waals surface area contributed by atoms with E-state index in [1.54, 1.807) is 42.7 Å². The highest BCUT2D eigenvalue weighted by Gasteiger charge is 2.45. The van der Waals surface area contributed by atoms with Crippen LogP contribution in [0, 0.1) is 11.8 Å². The molecule has 0 saturated carbocycles. The van der Waals surface area contributed by atoms with Gasteiger partial charge in [0.15, 0.2) is 23.0 Å². The van der Waals surface area contributed by atoms with Crippen molar-refractivity contribution in [1.29, 1.82) is 0 Å². The quantitative estimate of drug-likeness (QED) is 0.0279. The molecule has 2 aliphatic rings. The van der Waals surface area contributed by atoms with E-state index < -0.39 is 11.9 Å². The summed E-state index contributed by atoms with van der Waals surface area (Å²) in [5.41, 5.74) is 8.04. The standard InChI is InChI=1S/C54H70N2O15/c1-55(20-16-36-29-45(65-5)53(68-8)54(69-9)48(36)42(55)25-34-24-40(32-59)51(66-6)44(26-34)64-4)18-10-22-70-46(61)14-15-47(62)71-23-11-19-56(2)21-17-35-27-38(30-57)41(33-60)52(67-7)49(35)50(56)37-12-13-43(63-3)39(28-37)31-58/h12-13,24,26-29,42,50,57-60H,10-11,16-23,25,30-33H2,1-9H3/q+2. The third-order valence-electron chi connectivity index (χ3n) is 14.2. The Morgan fingerprint density at radius 1 is 0.563 bits per heavy atom. The van der Waals surface area contributed by atoms with Gasteiger partial charge < -0.3 is 72.0 Å². The molecule has 4 aromatic rings. The topological polar surface area (TPSA) is 198 Å². The predicted molar refractivity (Wildman–Crippen MR) is 262 cm³/mol. The molecular formula is C54H70N2O15+2. The number of esters is 2. The van der Waals surface area contributed by atoms with Gasteiger partial charge in [0.1, 0.15) is 23.6 Å². The van der Waals surface area contributed by atoms with Crippen LogP contribution in [0.3, 0.4) is 0 Å². The van der Waals surface area contributed by atoms with E-state index in [1.165, 1.54) is 7.11 Å². The van der Waals surface area contributed by atoms with E-state index in [-0.39, 0.29) is 51.7 Å². The molecule has 0 aromatic heterocycles. The second-order valence-electron chi connectivity index (χ2n) is 18.2. The van der Waals surface area contributed by atoms with Crippen LogP contribution < -0.4 is 33.2 Å². The molecule has 0 amide bonds. The van der Waals surface area contributed by atoms with Crippen molar-refractivity contribution in [2.24, 2.45) is 0 Å². The SMILES string of the molecule is COc1ccc(C2c3c(cc(CO)c(CO)c3OC)CC[N+]2(C)CCCOC(=O)C#CC(=O)OCCC[N+]2(C)CCc3cc(OC)c(OC)c(OC)c3C2Cc2cc(CO)c(OC)c(OC)c2)cc1CO. The van der Waals surface area contributed by atoms with Gasteiger partial charge in [0.05, 0.1) is 141 Å². The molecule has 2 heterocycles. The molecule has 4 unspecified atom stereocenters. The molecule has 4 N–H and O–H groups in total. The summed E-state index contributed by atoms with van der Waals surface area (Å²) in [6.07, 6.45) is 2.85. The fraction of sp³-hybridized carbons (Fsp3) is 0.481. The Bertz CT molecular complexity index is 2580. The number of aliphatic hydroxyl groups is 4. The second-order valence-corrected chi connectivity index (χ2v) is 18.2. The highest BCUT2D eigenvalue weighted by Crippen LogP contribution is 2.51. The number of benzene rings is 4. The van der Waals surface area contributed by atoms with Crippen molar-refractivity contribution in [2.75, 3.05) is 103 Å². The number of ether oxygens (including phenoxy) is 9. The summed E-state index contributed by atoms with van der Waals surface area (Å²) in [6.45, 7) is 1.65. The Hall–Kier alpha value is -6.26. The molecule has 4 aromatic carbocycles. The molecule has 17 heteroatoms. The number of carbonyl (C=O) groups is 2. The van der Waals surface area contributed by atoms with Crippen molar-refractivity contribution in [1.82, 2.24) is 0 Å². The molecule has 17 nitrogen and oxygen atoms in total. The molecule has 0 spiro atoms. The number of likely N-dealkylation sites (N-methyl/N-ethyl adjacent to an activating group) is 2. The molecule has 0 bridgehead atoms. The largest absolute Gasteiger partial charge is 0.496 e. The first-order chi connectivity index (χ1) is 34.2. The van der Waals surface area contributed by atoms with Crippen LogP contribution in [0.1, 0.15) is 80.6 Å². The summed E-state index contributed by atoms with van der Waals surface area (Å²) in [5.74, 6) is 6.52. The normalized spacial score (nSPS) is 19.0. The fourth-order valence-electron chi connectivity index (χ4n) is 10.7. The third kappa shape index (κ3) is 11.4. The van der Waals surface area contributed by atoms with Gasteiger partial charge in [-0.3, -0.25) is 0 Å². The Kier molecular flexibility index (Phi) is 18.5. The Morgan fingerprint density at radius 2 is 1.11 bits per heavy atom. The average Bonchev–Trinajstić information content (AvgIpc) is 3.39. The highest BCUT2D eigenvalue weighted by atomic mass is 16.5. The number of aliphatic hydroxyl groups excluding tert-OH is 4. The Morgan fingerprint density at radius 3 is 1.66 bits per heavy atom. The summed E-state index contributed by atoms with van der Waals surface area (Å²) in [4.78, 5) is 25.7. The molecule has 0 aliphatic carbocycles. The first-order valence-corrected chi connectivity index (χ1v) is 23.7. The van der Waals surface area contributed by atoms with Crippen LogP contribution in [0.4, 0.5) is 0 Å². The van der Waals surface area contributed by atoms with Crippen molar-refractivity contribution in [3.8, 4) is 52.1 Å². The predicted octanol–water partition coefficient (Wildman–Crippen LogP) is 4.66. The van der Waals surface area contributed by atoms with E-state index >= 15 is 0 Å². The van der Waals surface area contributed by atoms with Gasteiger partial charge in [-0.15, -0.1) is 0 Å². The van der Waals surface area contributed by atoms with E-state index in [4.69, 9.17) is 42.6 Å². The van der Waals surface area contributed by atoms with Crippen molar-refractivity contribution in [2.45, 2.75) is 70.6 Å². The summed E-state index contributed by atoms with van der Waals surface area (Å²) in [5, 5.41) is 41.1. The lowest BCUT2D eigenvalue weighted by atomic mass is 9.82. The fourth-order valence-corrected chi connectivity index (χ4v) is 10.7. The molecule has 2 aliphatic heterocycles. The maximum atomic E-state index is 12.9. The van der Waals surface area contributed by atoms with Gasteiger partial charge >= 0.3 is 11.9 Å². The van der Waals surface area contributed by atoms with Gasteiger partial charge in [-0.2, -0.15) is 0 Å². The van der Waals surface area contributed by atoms with Crippen LogP contribution in [0.5, 0.6) is 40.2 Å². The van der Waals surface area contributed by atoms with Gasteiger partial charge in [-0.25, -0.2) is 9.59 Å². The smallest absolute Gasteiger partial charge is 0.384 e. The van der Waals surface area contributed by atoms with Crippen molar-refractivity contribution in [3.05, 3.63) is 98.1 Å². The highest BCUT2D eigenvalue weighted by molar-refractivity contribution is 5.98. The molecular weight excluding hydrogens is 917 g/mol. The summed E-state index contributed by atoms with van der Waals surface area (Å²) in [7, 11) is 15.2. The molecule has 4 atom stereocenters.